The van der Waals surface area contributed by atoms with Crippen molar-refractivity contribution in [3.63, 3.8) is 0 Å². The minimum Gasteiger partial charge on any atom is -0.839 e. The summed E-state index contributed by atoms with van der Waals surface area (Å²) in [5.74, 6) is -1.25. The van der Waals surface area contributed by atoms with Gasteiger partial charge in [0.15, 0.2) is 0 Å². The molecule has 1 atom stereocenters. The zero-order valence-corrected chi connectivity index (χ0v) is 21.5. The molecule has 0 radical (unpaired) electrons. The van der Waals surface area contributed by atoms with Gasteiger partial charge in [0, 0.05) is 25.2 Å². The molecule has 112 valence electrons. The molecular weight excluding hydrogens is 488 g/mol. The van der Waals surface area contributed by atoms with Crippen LogP contribution < -0.4 is 68.9 Å². The van der Waals surface area contributed by atoms with E-state index in [2.05, 4.69) is 31.9 Å². The van der Waals surface area contributed by atoms with Gasteiger partial charge < -0.3 is 9.79 Å². The fourth-order valence-electron chi connectivity index (χ4n) is 1.66. The zero-order valence-electron chi connectivity index (χ0n) is 12.6. The molecule has 9 heteroatoms. The molecule has 0 saturated carbocycles. The first-order valence-corrected chi connectivity index (χ1v) is 9.73. The smallest absolute Gasteiger partial charge is 0.839 e. The Hall–Kier alpha value is 2.03. The second-order valence-corrected chi connectivity index (χ2v) is 8.06. The summed E-state index contributed by atoms with van der Waals surface area (Å²) in [4.78, 5) is 22.5. The molecule has 0 N–H and O–H groups in total. The van der Waals surface area contributed by atoms with Gasteiger partial charge in [-0.1, -0.05) is 44.0 Å². The van der Waals surface area contributed by atoms with Crippen molar-refractivity contribution in [3.05, 3.63) is 62.5 Å². The maximum atomic E-state index is 13.5. The van der Waals surface area contributed by atoms with E-state index in [-0.39, 0.29) is 64.7 Å². The molecule has 0 heterocycles. The predicted molar refractivity (Wildman–Crippen MR) is 88.6 cm³/mol. The first-order chi connectivity index (χ1) is 9.97. The van der Waals surface area contributed by atoms with Gasteiger partial charge in [-0.25, -0.2) is 4.39 Å². The van der Waals surface area contributed by atoms with Crippen molar-refractivity contribution in [2.75, 3.05) is 0 Å². The number of hydrogen-bond acceptors (Lipinski definition) is 3. The van der Waals surface area contributed by atoms with Crippen LogP contribution >= 0.6 is 52.0 Å². The van der Waals surface area contributed by atoms with Crippen LogP contribution in [0.5, 0.6) is 0 Å². The molecule has 0 spiro atoms. The second-order valence-electron chi connectivity index (χ2n) is 4.22. The van der Waals surface area contributed by atoms with Crippen LogP contribution in [0.4, 0.5) is 4.39 Å². The van der Waals surface area contributed by atoms with E-state index in [0.29, 0.717) is 4.47 Å². The van der Waals surface area contributed by atoms with Crippen molar-refractivity contribution in [3.8, 4) is 0 Å². The van der Waals surface area contributed by atoms with Crippen LogP contribution in [0.25, 0.3) is 0 Å². The third-order valence-corrected chi connectivity index (χ3v) is 5.67. The van der Waals surface area contributed by atoms with E-state index in [1.165, 1.54) is 6.07 Å². The molecule has 0 aliphatic carbocycles. The van der Waals surface area contributed by atoms with Gasteiger partial charge in [-0.3, -0.25) is 8.38 Å². The summed E-state index contributed by atoms with van der Waals surface area (Å²) in [7, 11) is -3.12. The maximum Gasteiger partial charge on any atom is 1.00 e. The summed E-state index contributed by atoms with van der Waals surface area (Å²) in [6.45, 7) is 0. The topological polar surface area (TPSA) is 46.1 Å². The van der Waals surface area contributed by atoms with Crippen LogP contribution in [0.3, 0.4) is 0 Å². The Kier molecular flexibility index (Phi) is 13.5. The van der Waals surface area contributed by atoms with Gasteiger partial charge in [0.05, 0.1) is 0 Å². The molecule has 2 nitrogen and oxygen atoms in total. The number of alkyl halides is 1. The summed E-state index contributed by atoms with van der Waals surface area (Å²) in [5, 5.41) is 0. The molecule has 0 aromatic heterocycles. The second kappa shape index (κ2) is 12.4. The van der Waals surface area contributed by atoms with Gasteiger partial charge in [0.25, 0.3) is 0 Å². The zero-order chi connectivity index (χ0) is 15.4. The van der Waals surface area contributed by atoms with Gasteiger partial charge in [0.1, 0.15) is 5.91 Å². The van der Waals surface area contributed by atoms with Crippen molar-refractivity contribution in [2.45, 2.75) is 16.6 Å². The van der Waals surface area contributed by atoms with Crippen molar-refractivity contribution in [1.29, 1.82) is 0 Å². The molecule has 2 aromatic carbocycles. The van der Waals surface area contributed by atoms with Crippen molar-refractivity contribution in [2.24, 2.45) is 0 Å². The maximum absolute atomic E-state index is 13.5. The average Bonchev–Trinajstić information content (AvgIpc) is 2.46. The number of thioether (sulfide) groups is 1. The molecule has 0 saturated heterocycles. The Morgan fingerprint density at radius 3 is 2.17 bits per heavy atom. The first-order valence-electron chi connectivity index (χ1n) is 5.91. The first kappa shape index (κ1) is 25.0. The van der Waals surface area contributed by atoms with E-state index in [0.717, 1.165) is 20.7 Å². The van der Waals surface area contributed by atoms with E-state index in [4.69, 9.17) is 0 Å². The summed E-state index contributed by atoms with van der Waals surface area (Å²) in [6, 6.07) is 13.0. The largest absolute Gasteiger partial charge is 1.00 e. The van der Waals surface area contributed by atoms with Crippen LogP contribution in [0.15, 0.2) is 56.3 Å². The van der Waals surface area contributed by atoms with Gasteiger partial charge >= 0.3 is 59.1 Å². The Labute approximate surface area is 201 Å². The van der Waals surface area contributed by atoms with Gasteiger partial charge in [0.2, 0.25) is 0 Å². The van der Waals surface area contributed by atoms with E-state index >= 15 is 0 Å². The minimum atomic E-state index is -3.12. The third-order valence-electron chi connectivity index (χ3n) is 2.73. The molecule has 2 aromatic rings. The van der Waals surface area contributed by atoms with Crippen molar-refractivity contribution in [1.82, 2.24) is 0 Å². The molecule has 0 aliphatic heterocycles. The predicted octanol–water partition coefficient (Wildman–Crippen LogP) is -1.49. The number of rotatable bonds is 5. The quantitative estimate of drug-likeness (QED) is 0.287. The SMILES string of the molecule is [Na+].[Na+].[O-]P([O-])C(F)c1ccc(CSc2ccc(Br)cc2)cc1Br. The van der Waals surface area contributed by atoms with Crippen molar-refractivity contribution < 1.29 is 73.3 Å². The number of hydrogen-bond donors (Lipinski definition) is 0. The molecule has 23 heavy (non-hydrogen) atoms. The van der Waals surface area contributed by atoms with E-state index < -0.39 is 14.3 Å². The van der Waals surface area contributed by atoms with Crippen molar-refractivity contribution >= 4 is 52.0 Å². The average molecular weight is 498 g/mol. The van der Waals surface area contributed by atoms with Gasteiger partial charge in [-0.15, -0.1) is 11.8 Å². The van der Waals surface area contributed by atoms with Crippen LogP contribution in [0.1, 0.15) is 17.0 Å². The van der Waals surface area contributed by atoms with Crippen LogP contribution in [-0.4, -0.2) is 0 Å². The fraction of sp³-hybridized carbons (Fsp3) is 0.143. The normalized spacial score (nSPS) is 11.6. The molecule has 1 unspecified atom stereocenters. The Morgan fingerprint density at radius 1 is 1.04 bits per heavy atom. The Bertz CT molecular complexity index is 620. The fourth-order valence-corrected chi connectivity index (χ4v) is 4.03. The summed E-state index contributed by atoms with van der Waals surface area (Å²) < 4.78 is 15.0. The van der Waals surface area contributed by atoms with E-state index in [9.17, 15) is 14.2 Å². The van der Waals surface area contributed by atoms with Gasteiger partial charge in [-0.2, -0.15) is 0 Å². The van der Waals surface area contributed by atoms with E-state index in [1.807, 2.05) is 24.3 Å². The van der Waals surface area contributed by atoms with Crippen LogP contribution in [0.2, 0.25) is 0 Å². The number of halogens is 3. The Morgan fingerprint density at radius 2 is 1.65 bits per heavy atom. The molecular formula is C14H10Br2FNa2O2PS. The molecule has 0 aliphatic rings. The Balaban J connectivity index is 0.00000242. The van der Waals surface area contributed by atoms with Crippen LogP contribution in [-0.2, 0) is 5.75 Å². The monoisotopic (exact) mass is 496 g/mol. The van der Waals surface area contributed by atoms with Gasteiger partial charge in [-0.05, 0) is 35.9 Å². The van der Waals surface area contributed by atoms with E-state index in [1.54, 1.807) is 23.9 Å². The van der Waals surface area contributed by atoms with Crippen LogP contribution in [0, 0.1) is 0 Å². The molecule has 0 fully saturated rings. The standard InChI is InChI=1S/C14H10Br2FO2PS.2Na/c15-10-2-4-11(5-3-10)21-8-9-1-6-12(13(16)7-9)14(17)20(18)19;;/h1-7,14H,8H2;;/q-2;2*+1. The minimum absolute atomic E-state index is 0. The third kappa shape index (κ3) is 8.06. The summed E-state index contributed by atoms with van der Waals surface area (Å²) >= 11 is 8.27. The molecule has 0 amide bonds. The summed E-state index contributed by atoms with van der Waals surface area (Å²) in [5.41, 5.74) is 1.13. The molecule has 0 bridgehead atoms. The summed E-state index contributed by atoms with van der Waals surface area (Å²) in [6.07, 6.45) is 0. The number of benzene rings is 2. The molecule has 2 rings (SSSR count).